The van der Waals surface area contributed by atoms with Crippen molar-refractivity contribution >= 4 is 21.6 Å². The van der Waals surface area contributed by atoms with Gasteiger partial charge in [-0.15, -0.1) is 0 Å². The molecule has 1 aliphatic heterocycles. The minimum Gasteiger partial charge on any atom is -0.505 e. The van der Waals surface area contributed by atoms with Crippen LogP contribution in [0.25, 0.3) is 0 Å². The smallest absolute Gasteiger partial charge is 0.142 e. The van der Waals surface area contributed by atoms with Crippen molar-refractivity contribution in [3.8, 4) is 5.75 Å². The van der Waals surface area contributed by atoms with Gasteiger partial charge in [0.25, 0.3) is 0 Å². The first-order valence-electron chi connectivity index (χ1n) is 5.14. The fraction of sp³-hybridized carbons (Fsp3) is 0.455. The predicted octanol–water partition coefficient (Wildman–Crippen LogP) is 1.87. The molecule has 3 nitrogen and oxygen atoms in total. The molecule has 0 aromatic heterocycles. The Balaban J connectivity index is 2.36. The van der Waals surface area contributed by atoms with E-state index >= 15 is 0 Å². The molecule has 0 atom stereocenters. The first-order valence-corrected chi connectivity index (χ1v) is 5.93. The molecule has 0 amide bonds. The van der Waals surface area contributed by atoms with Gasteiger partial charge in [-0.25, -0.2) is 0 Å². The Hall–Kier alpha value is -0.740. The van der Waals surface area contributed by atoms with Crippen molar-refractivity contribution in [2.75, 3.05) is 31.1 Å². The van der Waals surface area contributed by atoms with Gasteiger partial charge in [0.15, 0.2) is 0 Å². The summed E-state index contributed by atoms with van der Waals surface area (Å²) in [5.41, 5.74) is 1.85. The van der Waals surface area contributed by atoms with Gasteiger partial charge in [0, 0.05) is 30.7 Å². The van der Waals surface area contributed by atoms with E-state index < -0.39 is 0 Å². The van der Waals surface area contributed by atoms with E-state index in [0.29, 0.717) is 5.75 Å². The molecule has 4 heteroatoms. The van der Waals surface area contributed by atoms with Gasteiger partial charge in [-0.05, 0) is 34.5 Å². The molecule has 0 saturated carbocycles. The lowest BCUT2D eigenvalue weighted by Gasteiger charge is -2.31. The minimum atomic E-state index is 0.395. The van der Waals surface area contributed by atoms with Crippen molar-refractivity contribution in [2.45, 2.75) is 6.92 Å². The summed E-state index contributed by atoms with van der Waals surface area (Å²) in [5.74, 6) is 0.395. The van der Waals surface area contributed by atoms with Crippen molar-refractivity contribution in [3.63, 3.8) is 0 Å². The number of phenolic OH excluding ortho intramolecular Hbond substituents is 1. The van der Waals surface area contributed by atoms with Crippen molar-refractivity contribution in [1.82, 2.24) is 5.32 Å². The summed E-state index contributed by atoms with van der Waals surface area (Å²) in [4.78, 5) is 2.21. The molecule has 1 heterocycles. The Kier molecular flexibility index (Phi) is 3.17. The molecule has 0 aliphatic carbocycles. The van der Waals surface area contributed by atoms with E-state index in [4.69, 9.17) is 0 Å². The third-order valence-corrected chi connectivity index (χ3v) is 3.38. The van der Waals surface area contributed by atoms with Gasteiger partial charge in [-0.2, -0.15) is 0 Å². The van der Waals surface area contributed by atoms with E-state index in [0.717, 1.165) is 41.9 Å². The van der Waals surface area contributed by atoms with Gasteiger partial charge in [0.05, 0.1) is 5.69 Å². The number of benzene rings is 1. The zero-order valence-electron chi connectivity index (χ0n) is 8.76. The Labute approximate surface area is 98.2 Å². The summed E-state index contributed by atoms with van der Waals surface area (Å²) in [6.45, 7) is 5.75. The SMILES string of the molecule is Cc1ccc(Br)c(N2CCNCC2)c1O. The van der Waals surface area contributed by atoms with Crippen molar-refractivity contribution in [3.05, 3.63) is 22.2 Å². The van der Waals surface area contributed by atoms with E-state index in [9.17, 15) is 5.11 Å². The highest BCUT2D eigenvalue weighted by atomic mass is 79.9. The summed E-state index contributed by atoms with van der Waals surface area (Å²) in [5, 5.41) is 13.3. The molecular weight excluding hydrogens is 256 g/mol. The molecule has 0 radical (unpaired) electrons. The van der Waals surface area contributed by atoms with Crippen molar-refractivity contribution in [1.29, 1.82) is 0 Å². The Morgan fingerprint density at radius 1 is 1.33 bits per heavy atom. The molecule has 82 valence electrons. The Bertz CT molecular complexity index is 362. The standard InChI is InChI=1S/C11H15BrN2O/c1-8-2-3-9(12)10(11(8)15)14-6-4-13-5-7-14/h2-3,13,15H,4-7H2,1H3. The van der Waals surface area contributed by atoms with Crippen LogP contribution in [0, 0.1) is 6.92 Å². The van der Waals surface area contributed by atoms with E-state index in [1.807, 2.05) is 19.1 Å². The van der Waals surface area contributed by atoms with Gasteiger partial charge in [0.1, 0.15) is 5.75 Å². The van der Waals surface area contributed by atoms with Gasteiger partial charge in [0.2, 0.25) is 0 Å². The van der Waals surface area contributed by atoms with Crippen molar-refractivity contribution in [2.24, 2.45) is 0 Å². The maximum Gasteiger partial charge on any atom is 0.142 e. The number of halogens is 1. The number of hydrogen-bond donors (Lipinski definition) is 2. The topological polar surface area (TPSA) is 35.5 Å². The lowest BCUT2D eigenvalue weighted by molar-refractivity contribution is 0.466. The summed E-state index contributed by atoms with van der Waals surface area (Å²) in [6, 6.07) is 3.91. The monoisotopic (exact) mass is 270 g/mol. The molecule has 1 aromatic carbocycles. The van der Waals surface area contributed by atoms with Crippen LogP contribution in [-0.4, -0.2) is 31.3 Å². The normalized spacial score (nSPS) is 16.8. The van der Waals surface area contributed by atoms with Gasteiger partial charge < -0.3 is 15.3 Å². The van der Waals surface area contributed by atoms with E-state index in [1.165, 1.54) is 0 Å². The van der Waals surface area contributed by atoms with Crippen molar-refractivity contribution < 1.29 is 5.11 Å². The van der Waals surface area contributed by atoms with Gasteiger partial charge >= 0.3 is 0 Å². The molecular formula is C11H15BrN2O. The highest BCUT2D eigenvalue weighted by molar-refractivity contribution is 9.10. The molecule has 0 bridgehead atoms. The fourth-order valence-corrected chi connectivity index (χ4v) is 2.42. The summed E-state index contributed by atoms with van der Waals surface area (Å²) in [7, 11) is 0. The number of hydrogen-bond acceptors (Lipinski definition) is 3. The maximum absolute atomic E-state index is 10.0. The minimum absolute atomic E-state index is 0.395. The van der Waals surface area contributed by atoms with Crippen LogP contribution in [0.1, 0.15) is 5.56 Å². The maximum atomic E-state index is 10.0. The molecule has 1 aliphatic rings. The van der Waals surface area contributed by atoms with Crippen LogP contribution >= 0.6 is 15.9 Å². The molecule has 15 heavy (non-hydrogen) atoms. The number of aromatic hydroxyl groups is 1. The molecule has 2 N–H and O–H groups in total. The second-order valence-electron chi connectivity index (χ2n) is 3.80. The molecule has 2 rings (SSSR count). The number of nitrogens with zero attached hydrogens (tertiary/aromatic N) is 1. The molecule has 1 fully saturated rings. The fourth-order valence-electron chi connectivity index (χ4n) is 1.85. The summed E-state index contributed by atoms with van der Waals surface area (Å²) >= 11 is 3.49. The van der Waals surface area contributed by atoms with Gasteiger partial charge in [-0.3, -0.25) is 0 Å². The number of phenols is 1. The predicted molar refractivity (Wildman–Crippen MR) is 65.6 cm³/mol. The zero-order valence-corrected chi connectivity index (χ0v) is 10.3. The first-order chi connectivity index (χ1) is 7.20. The lowest BCUT2D eigenvalue weighted by atomic mass is 10.1. The summed E-state index contributed by atoms with van der Waals surface area (Å²) in [6.07, 6.45) is 0. The number of nitrogens with one attached hydrogen (secondary N) is 1. The van der Waals surface area contributed by atoms with Crippen LogP contribution in [-0.2, 0) is 0 Å². The van der Waals surface area contributed by atoms with Crippen LogP contribution in [0.2, 0.25) is 0 Å². The average molecular weight is 271 g/mol. The number of piperazine rings is 1. The van der Waals surface area contributed by atoms with Crippen LogP contribution in [0.3, 0.4) is 0 Å². The lowest BCUT2D eigenvalue weighted by Crippen LogP contribution is -2.43. The Morgan fingerprint density at radius 3 is 2.67 bits per heavy atom. The average Bonchev–Trinajstić information content (AvgIpc) is 2.26. The second kappa shape index (κ2) is 4.41. The van der Waals surface area contributed by atoms with E-state index in [1.54, 1.807) is 0 Å². The molecule has 1 saturated heterocycles. The van der Waals surface area contributed by atoms with Crippen LogP contribution in [0.15, 0.2) is 16.6 Å². The van der Waals surface area contributed by atoms with Crippen LogP contribution < -0.4 is 10.2 Å². The third-order valence-electron chi connectivity index (χ3n) is 2.74. The largest absolute Gasteiger partial charge is 0.505 e. The van der Waals surface area contributed by atoms with Gasteiger partial charge in [-0.1, -0.05) is 6.07 Å². The number of anilines is 1. The van der Waals surface area contributed by atoms with Crippen LogP contribution in [0.4, 0.5) is 5.69 Å². The number of rotatable bonds is 1. The molecule has 1 aromatic rings. The highest BCUT2D eigenvalue weighted by Gasteiger charge is 2.17. The van der Waals surface area contributed by atoms with Crippen LogP contribution in [0.5, 0.6) is 5.75 Å². The Morgan fingerprint density at radius 2 is 2.00 bits per heavy atom. The highest BCUT2D eigenvalue weighted by Crippen LogP contribution is 2.37. The number of aryl methyl sites for hydroxylation is 1. The zero-order chi connectivity index (χ0) is 10.8. The molecule has 0 spiro atoms. The third kappa shape index (κ3) is 2.11. The van der Waals surface area contributed by atoms with E-state index in [-0.39, 0.29) is 0 Å². The molecule has 0 unspecified atom stereocenters. The van der Waals surface area contributed by atoms with E-state index in [2.05, 4.69) is 26.1 Å². The second-order valence-corrected chi connectivity index (χ2v) is 4.65. The first kappa shape index (κ1) is 10.8. The quantitative estimate of drug-likeness (QED) is 0.818. The summed E-state index contributed by atoms with van der Waals surface area (Å²) < 4.78 is 0.965.